The Bertz CT molecular complexity index is 1000. The minimum Gasteiger partial charge on any atom is -0.298 e. The van der Waals surface area contributed by atoms with Crippen LogP contribution in [0.25, 0.3) is 5.69 Å². The summed E-state index contributed by atoms with van der Waals surface area (Å²) in [6.45, 7) is 1.76. The number of benzene rings is 1. The molecule has 5 nitrogen and oxygen atoms in total. The lowest BCUT2D eigenvalue weighted by molar-refractivity contribution is -0.143. The van der Waals surface area contributed by atoms with Crippen LogP contribution < -0.4 is 5.32 Å². The van der Waals surface area contributed by atoms with Crippen LogP contribution >= 0.6 is 34.7 Å². The highest BCUT2D eigenvalue weighted by Gasteiger charge is 2.40. The van der Waals surface area contributed by atoms with Gasteiger partial charge in [0.25, 0.3) is 5.91 Å². The molecular weight excluding hydrogens is 421 g/mol. The second kappa shape index (κ2) is 7.53. The molecule has 2 aromatic heterocycles. The molecule has 0 aliphatic rings. The van der Waals surface area contributed by atoms with E-state index in [1.807, 2.05) is 6.26 Å². The lowest BCUT2D eigenvalue weighted by Crippen LogP contribution is -2.20. The first-order chi connectivity index (χ1) is 12.7. The molecule has 142 valence electrons. The Morgan fingerprint density at radius 3 is 2.70 bits per heavy atom. The van der Waals surface area contributed by atoms with E-state index in [1.54, 1.807) is 6.92 Å². The molecule has 0 fully saturated rings. The average Bonchev–Trinajstić information content (AvgIpc) is 3.18. The fraction of sp³-hybridized carbons (Fsp3) is 0.188. The van der Waals surface area contributed by atoms with Crippen molar-refractivity contribution in [1.29, 1.82) is 0 Å². The number of aryl methyl sites for hydroxylation is 1. The van der Waals surface area contributed by atoms with Crippen LogP contribution in [-0.4, -0.2) is 26.9 Å². The SMILES string of the molecule is CSc1sc(NC(=O)c2cnn(-c3cccc(Cl)c3)c2C(F)(F)F)nc1C. The fourth-order valence-electron chi connectivity index (χ4n) is 2.38. The van der Waals surface area contributed by atoms with Gasteiger partial charge in [-0.1, -0.05) is 29.0 Å². The Kier molecular flexibility index (Phi) is 5.50. The number of carbonyl (C=O) groups excluding carboxylic acids is 1. The van der Waals surface area contributed by atoms with Gasteiger partial charge in [-0.25, -0.2) is 9.67 Å². The largest absolute Gasteiger partial charge is 0.434 e. The number of thioether (sulfide) groups is 1. The van der Waals surface area contributed by atoms with E-state index in [1.165, 1.54) is 47.4 Å². The van der Waals surface area contributed by atoms with E-state index in [0.717, 1.165) is 10.4 Å². The number of alkyl halides is 3. The lowest BCUT2D eigenvalue weighted by Gasteiger charge is -2.12. The minimum absolute atomic E-state index is 0.101. The summed E-state index contributed by atoms with van der Waals surface area (Å²) in [4.78, 5) is 16.6. The molecule has 0 bridgehead atoms. The van der Waals surface area contributed by atoms with E-state index in [4.69, 9.17) is 11.6 Å². The van der Waals surface area contributed by atoms with Gasteiger partial charge in [0.2, 0.25) is 0 Å². The van der Waals surface area contributed by atoms with Crippen molar-refractivity contribution in [3.63, 3.8) is 0 Å². The molecule has 0 saturated carbocycles. The van der Waals surface area contributed by atoms with Crippen molar-refractivity contribution < 1.29 is 18.0 Å². The molecule has 11 heteroatoms. The van der Waals surface area contributed by atoms with E-state index < -0.39 is 23.3 Å². The van der Waals surface area contributed by atoms with Crippen molar-refractivity contribution in [3.8, 4) is 5.69 Å². The standard InChI is InChI=1S/C16H12ClF3N4OS2/c1-8-14(26-2)27-15(22-8)23-13(25)11-7-21-24(12(11)16(18,19)20)10-5-3-4-9(17)6-10/h3-7H,1-2H3,(H,22,23,25). The monoisotopic (exact) mass is 432 g/mol. The molecule has 0 saturated heterocycles. The zero-order valence-electron chi connectivity index (χ0n) is 14.0. The highest BCUT2D eigenvalue weighted by molar-refractivity contribution is 8.00. The summed E-state index contributed by atoms with van der Waals surface area (Å²) >= 11 is 8.50. The van der Waals surface area contributed by atoms with Crippen LogP contribution in [0.4, 0.5) is 18.3 Å². The number of anilines is 1. The number of aromatic nitrogens is 3. The normalized spacial score (nSPS) is 11.6. The Balaban J connectivity index is 2.01. The number of carbonyl (C=O) groups is 1. The van der Waals surface area contributed by atoms with E-state index >= 15 is 0 Å². The predicted octanol–water partition coefficient (Wildman–Crippen LogP) is 5.28. The van der Waals surface area contributed by atoms with Crippen LogP contribution in [0.1, 0.15) is 21.7 Å². The van der Waals surface area contributed by atoms with Gasteiger partial charge in [-0.3, -0.25) is 10.1 Å². The van der Waals surface area contributed by atoms with Gasteiger partial charge in [-0.2, -0.15) is 18.3 Å². The maximum absolute atomic E-state index is 13.7. The van der Waals surface area contributed by atoms with Gasteiger partial charge in [0.05, 0.1) is 27.4 Å². The van der Waals surface area contributed by atoms with Gasteiger partial charge >= 0.3 is 6.18 Å². The fourth-order valence-corrected chi connectivity index (χ4v) is 4.17. The van der Waals surface area contributed by atoms with Crippen molar-refractivity contribution >= 4 is 45.7 Å². The van der Waals surface area contributed by atoms with Crippen molar-refractivity contribution in [3.05, 3.63) is 52.4 Å². The van der Waals surface area contributed by atoms with Crippen LogP contribution in [0, 0.1) is 6.92 Å². The third kappa shape index (κ3) is 4.12. The van der Waals surface area contributed by atoms with Crippen LogP contribution in [0.2, 0.25) is 5.02 Å². The third-order valence-electron chi connectivity index (χ3n) is 3.50. The number of rotatable bonds is 4. The summed E-state index contributed by atoms with van der Waals surface area (Å²) in [5.41, 5.74) is -0.973. The molecule has 0 spiro atoms. The van der Waals surface area contributed by atoms with Crippen molar-refractivity contribution in [2.24, 2.45) is 0 Å². The van der Waals surface area contributed by atoms with Crippen molar-refractivity contribution in [1.82, 2.24) is 14.8 Å². The zero-order valence-corrected chi connectivity index (χ0v) is 16.4. The maximum atomic E-state index is 13.7. The molecule has 1 amide bonds. The lowest BCUT2D eigenvalue weighted by atomic mass is 10.2. The number of hydrogen-bond donors (Lipinski definition) is 1. The first-order valence-electron chi connectivity index (χ1n) is 7.44. The third-order valence-corrected chi connectivity index (χ3v) is 6.01. The summed E-state index contributed by atoms with van der Waals surface area (Å²) in [6.07, 6.45) is -2.06. The molecule has 1 N–H and O–H groups in total. The zero-order chi connectivity index (χ0) is 19.8. The molecule has 0 atom stereocenters. The van der Waals surface area contributed by atoms with Crippen LogP contribution in [0.5, 0.6) is 0 Å². The van der Waals surface area contributed by atoms with E-state index in [2.05, 4.69) is 15.4 Å². The van der Waals surface area contributed by atoms with Gasteiger partial charge in [0.15, 0.2) is 10.8 Å². The summed E-state index contributed by atoms with van der Waals surface area (Å²) in [6, 6.07) is 5.79. The Hall–Kier alpha value is -2.04. The smallest absolute Gasteiger partial charge is 0.298 e. The van der Waals surface area contributed by atoms with Gasteiger partial charge in [-0.05, 0) is 31.4 Å². The number of nitrogens with zero attached hydrogens (tertiary/aromatic N) is 3. The first-order valence-corrected chi connectivity index (χ1v) is 9.86. The van der Waals surface area contributed by atoms with Crippen LogP contribution in [0.3, 0.4) is 0 Å². The van der Waals surface area contributed by atoms with Gasteiger partial charge in [0.1, 0.15) is 0 Å². The Morgan fingerprint density at radius 2 is 2.11 bits per heavy atom. The molecule has 1 aromatic carbocycles. The second-order valence-corrected chi connectivity index (χ2v) is 7.86. The van der Waals surface area contributed by atoms with Crippen molar-refractivity contribution in [2.75, 3.05) is 11.6 Å². The highest BCUT2D eigenvalue weighted by Crippen LogP contribution is 2.35. The number of nitrogens with one attached hydrogen (secondary N) is 1. The topological polar surface area (TPSA) is 59.8 Å². The maximum Gasteiger partial charge on any atom is 0.434 e. The molecule has 0 aliphatic carbocycles. The number of halogens is 4. The van der Waals surface area contributed by atoms with E-state index in [9.17, 15) is 18.0 Å². The Morgan fingerprint density at radius 1 is 1.37 bits per heavy atom. The molecule has 0 aliphatic heterocycles. The highest BCUT2D eigenvalue weighted by atomic mass is 35.5. The quantitative estimate of drug-likeness (QED) is 0.569. The number of hydrogen-bond acceptors (Lipinski definition) is 5. The van der Waals surface area contributed by atoms with Crippen LogP contribution in [-0.2, 0) is 6.18 Å². The predicted molar refractivity (Wildman–Crippen MR) is 100 cm³/mol. The van der Waals surface area contributed by atoms with E-state index in [0.29, 0.717) is 10.4 Å². The first kappa shape index (κ1) is 19.7. The second-order valence-electron chi connectivity index (χ2n) is 5.35. The molecule has 3 rings (SSSR count). The van der Waals surface area contributed by atoms with Crippen LogP contribution in [0.15, 0.2) is 34.7 Å². The number of amides is 1. The summed E-state index contributed by atoms with van der Waals surface area (Å²) in [5, 5.41) is 6.65. The van der Waals surface area contributed by atoms with Gasteiger partial charge in [-0.15, -0.1) is 11.8 Å². The number of thiazole rings is 1. The summed E-state index contributed by atoms with van der Waals surface area (Å²) in [5.74, 6) is -0.933. The minimum atomic E-state index is -4.80. The average molecular weight is 433 g/mol. The van der Waals surface area contributed by atoms with Crippen molar-refractivity contribution in [2.45, 2.75) is 17.3 Å². The van der Waals surface area contributed by atoms with Gasteiger partial charge < -0.3 is 0 Å². The Labute approximate surface area is 165 Å². The summed E-state index contributed by atoms with van der Waals surface area (Å²) in [7, 11) is 0. The van der Waals surface area contributed by atoms with E-state index in [-0.39, 0.29) is 15.8 Å². The van der Waals surface area contributed by atoms with Gasteiger partial charge in [0, 0.05) is 5.02 Å². The molecule has 0 unspecified atom stereocenters. The summed E-state index contributed by atoms with van der Waals surface area (Å²) < 4.78 is 42.5. The molecular formula is C16H12ClF3N4OS2. The molecule has 27 heavy (non-hydrogen) atoms. The molecule has 0 radical (unpaired) electrons. The molecule has 2 heterocycles. The molecule has 3 aromatic rings.